The summed E-state index contributed by atoms with van der Waals surface area (Å²) in [6.07, 6.45) is 2.49. The van der Waals surface area contributed by atoms with Crippen LogP contribution in [0.15, 0.2) is 97.3 Å². The van der Waals surface area contributed by atoms with Crippen LogP contribution in [0.2, 0.25) is 0 Å². The molecular formula is C26H16F2N4. The van der Waals surface area contributed by atoms with Gasteiger partial charge in [0.15, 0.2) is 17.5 Å². The fraction of sp³-hybridized carbons (Fsp3) is 0. The Hall–Kier alpha value is -4.32. The molecule has 5 rings (SSSR count). The molecule has 0 aliphatic carbocycles. The van der Waals surface area contributed by atoms with Crippen molar-refractivity contribution in [3.05, 3.63) is 109 Å². The Morgan fingerprint density at radius 2 is 1.03 bits per heavy atom. The zero-order valence-corrected chi connectivity index (χ0v) is 16.8. The average Bonchev–Trinajstić information content (AvgIpc) is 2.85. The lowest BCUT2D eigenvalue weighted by Gasteiger charge is -2.10. The number of hydrogen-bond acceptors (Lipinski definition) is 4. The summed E-state index contributed by atoms with van der Waals surface area (Å²) in [4.78, 5) is 17.5. The predicted molar refractivity (Wildman–Crippen MR) is 119 cm³/mol. The molecule has 5 aromatic rings. The van der Waals surface area contributed by atoms with Gasteiger partial charge < -0.3 is 0 Å². The van der Waals surface area contributed by atoms with Gasteiger partial charge in [0.05, 0.1) is 6.20 Å². The molecule has 2 aromatic heterocycles. The Bertz CT molecular complexity index is 1330. The first-order valence-electron chi connectivity index (χ1n) is 9.96. The maximum atomic E-state index is 15.0. The molecule has 3 aromatic carbocycles. The molecule has 0 bridgehead atoms. The molecule has 0 N–H and O–H groups in total. The number of hydrogen-bond donors (Lipinski definition) is 0. The predicted octanol–water partition coefficient (Wildman–Crippen LogP) is 6.21. The second-order valence-corrected chi connectivity index (χ2v) is 7.09. The molecular weight excluding hydrogens is 406 g/mol. The topological polar surface area (TPSA) is 51.6 Å². The third-order valence-electron chi connectivity index (χ3n) is 4.99. The van der Waals surface area contributed by atoms with E-state index in [1.54, 1.807) is 6.07 Å². The summed E-state index contributed by atoms with van der Waals surface area (Å²) in [6.45, 7) is 0. The van der Waals surface area contributed by atoms with Crippen LogP contribution in [0.25, 0.3) is 45.3 Å². The van der Waals surface area contributed by atoms with E-state index in [1.165, 1.54) is 24.4 Å². The molecule has 0 saturated carbocycles. The highest BCUT2D eigenvalue weighted by Gasteiger charge is 2.15. The van der Waals surface area contributed by atoms with Crippen LogP contribution in [0.3, 0.4) is 0 Å². The van der Waals surface area contributed by atoms with Gasteiger partial charge in [-0.3, -0.25) is 4.98 Å². The monoisotopic (exact) mass is 422 g/mol. The molecule has 2 heterocycles. The summed E-state index contributed by atoms with van der Waals surface area (Å²) in [5.41, 5.74) is 2.41. The number of benzene rings is 3. The maximum absolute atomic E-state index is 15.0. The third kappa shape index (κ3) is 3.86. The van der Waals surface area contributed by atoms with Crippen molar-refractivity contribution in [2.45, 2.75) is 0 Å². The zero-order valence-electron chi connectivity index (χ0n) is 16.8. The van der Waals surface area contributed by atoms with Crippen LogP contribution in [0.1, 0.15) is 0 Å². The fourth-order valence-corrected chi connectivity index (χ4v) is 3.40. The van der Waals surface area contributed by atoms with E-state index in [0.717, 1.165) is 17.3 Å². The van der Waals surface area contributed by atoms with Crippen LogP contribution in [0.4, 0.5) is 8.78 Å². The molecule has 32 heavy (non-hydrogen) atoms. The highest BCUT2D eigenvalue weighted by molar-refractivity contribution is 5.71. The normalized spacial score (nSPS) is 10.8. The summed E-state index contributed by atoms with van der Waals surface area (Å²) >= 11 is 0. The van der Waals surface area contributed by atoms with E-state index in [0.29, 0.717) is 23.0 Å². The highest BCUT2D eigenvalue weighted by atomic mass is 19.1. The molecule has 0 spiro atoms. The molecule has 0 saturated heterocycles. The number of nitrogens with zero attached hydrogens (tertiary/aromatic N) is 4. The Morgan fingerprint density at radius 1 is 0.500 bits per heavy atom. The summed E-state index contributed by atoms with van der Waals surface area (Å²) in [5, 5.41) is 0. The van der Waals surface area contributed by atoms with Gasteiger partial charge in [-0.05, 0) is 12.1 Å². The lowest BCUT2D eigenvalue weighted by molar-refractivity contribution is 0.613. The van der Waals surface area contributed by atoms with Crippen molar-refractivity contribution in [3.63, 3.8) is 0 Å². The van der Waals surface area contributed by atoms with Gasteiger partial charge in [0.2, 0.25) is 0 Å². The van der Waals surface area contributed by atoms with Crippen LogP contribution in [-0.4, -0.2) is 19.9 Å². The SMILES string of the molecule is Fc1cnccc1-c1ccc(-c2nc(-c3ccccc3)nc(-c3ccccc3)n2)cc1F. The van der Waals surface area contributed by atoms with Crippen molar-refractivity contribution < 1.29 is 8.78 Å². The van der Waals surface area contributed by atoms with E-state index < -0.39 is 11.6 Å². The third-order valence-corrected chi connectivity index (χ3v) is 4.99. The second-order valence-electron chi connectivity index (χ2n) is 7.09. The van der Waals surface area contributed by atoms with Gasteiger partial charge in [-0.2, -0.15) is 0 Å². The van der Waals surface area contributed by atoms with E-state index in [-0.39, 0.29) is 11.1 Å². The van der Waals surface area contributed by atoms with E-state index in [1.807, 2.05) is 60.7 Å². The Balaban J connectivity index is 1.64. The lowest BCUT2D eigenvalue weighted by atomic mass is 10.0. The number of aromatic nitrogens is 4. The minimum Gasteiger partial charge on any atom is -0.262 e. The molecule has 0 atom stereocenters. The number of rotatable bonds is 4. The van der Waals surface area contributed by atoms with Crippen molar-refractivity contribution in [3.8, 4) is 45.3 Å². The molecule has 4 nitrogen and oxygen atoms in total. The Labute approximate surface area is 183 Å². The van der Waals surface area contributed by atoms with Crippen LogP contribution in [0.5, 0.6) is 0 Å². The van der Waals surface area contributed by atoms with Gasteiger partial charge in [0, 0.05) is 34.0 Å². The molecule has 0 aliphatic rings. The standard InChI is InChI=1S/C26H16F2N4/c27-22-15-19(11-12-20(22)21-13-14-29-16-23(21)28)26-31-24(17-7-3-1-4-8-17)30-25(32-26)18-9-5-2-6-10-18/h1-16H. The summed E-state index contributed by atoms with van der Waals surface area (Å²) < 4.78 is 29.1. The quantitative estimate of drug-likeness (QED) is 0.345. The molecule has 0 amide bonds. The molecule has 6 heteroatoms. The fourth-order valence-electron chi connectivity index (χ4n) is 3.40. The lowest BCUT2D eigenvalue weighted by Crippen LogP contribution is -2.00. The number of halogens is 2. The zero-order chi connectivity index (χ0) is 21.9. The van der Waals surface area contributed by atoms with Crippen molar-refractivity contribution >= 4 is 0 Å². The average molecular weight is 422 g/mol. The largest absolute Gasteiger partial charge is 0.262 e. The smallest absolute Gasteiger partial charge is 0.164 e. The van der Waals surface area contributed by atoms with Crippen molar-refractivity contribution in [1.29, 1.82) is 0 Å². The molecule has 154 valence electrons. The summed E-state index contributed by atoms with van der Waals surface area (Å²) in [6, 6.07) is 25.0. The molecule has 0 fully saturated rings. The highest BCUT2D eigenvalue weighted by Crippen LogP contribution is 2.30. The van der Waals surface area contributed by atoms with Gasteiger partial charge >= 0.3 is 0 Å². The molecule has 0 radical (unpaired) electrons. The van der Waals surface area contributed by atoms with Crippen molar-refractivity contribution in [2.24, 2.45) is 0 Å². The van der Waals surface area contributed by atoms with E-state index in [2.05, 4.69) is 19.9 Å². The van der Waals surface area contributed by atoms with Crippen molar-refractivity contribution in [2.75, 3.05) is 0 Å². The second kappa shape index (κ2) is 8.43. The molecule has 0 aliphatic heterocycles. The van der Waals surface area contributed by atoms with Gasteiger partial charge in [0.1, 0.15) is 11.6 Å². The van der Waals surface area contributed by atoms with Crippen molar-refractivity contribution in [1.82, 2.24) is 19.9 Å². The van der Waals surface area contributed by atoms with Crippen LogP contribution >= 0.6 is 0 Å². The van der Waals surface area contributed by atoms with Gasteiger partial charge in [-0.1, -0.05) is 72.8 Å². The summed E-state index contributed by atoms with van der Waals surface area (Å²) in [5.74, 6) is 0.143. The molecule has 0 unspecified atom stereocenters. The first-order chi connectivity index (χ1) is 15.7. The number of pyridine rings is 1. The van der Waals surface area contributed by atoms with E-state index in [9.17, 15) is 8.78 Å². The van der Waals surface area contributed by atoms with Crippen LogP contribution < -0.4 is 0 Å². The first-order valence-corrected chi connectivity index (χ1v) is 9.96. The van der Waals surface area contributed by atoms with Crippen LogP contribution in [0, 0.1) is 11.6 Å². The summed E-state index contributed by atoms with van der Waals surface area (Å²) in [7, 11) is 0. The van der Waals surface area contributed by atoms with Gasteiger partial charge in [-0.25, -0.2) is 23.7 Å². The maximum Gasteiger partial charge on any atom is 0.164 e. The van der Waals surface area contributed by atoms with E-state index in [4.69, 9.17) is 0 Å². The minimum absolute atomic E-state index is 0.147. The first kappa shape index (κ1) is 19.6. The minimum atomic E-state index is -0.586. The van der Waals surface area contributed by atoms with Crippen LogP contribution in [-0.2, 0) is 0 Å². The van der Waals surface area contributed by atoms with Gasteiger partial charge in [0.25, 0.3) is 0 Å². The van der Waals surface area contributed by atoms with Gasteiger partial charge in [-0.15, -0.1) is 0 Å². The van der Waals surface area contributed by atoms with E-state index >= 15 is 0 Å². The Morgan fingerprint density at radius 3 is 1.56 bits per heavy atom. The Kier molecular flexibility index (Phi) is 5.17.